The van der Waals surface area contributed by atoms with Crippen molar-refractivity contribution in [3.63, 3.8) is 0 Å². The molecule has 1 atom stereocenters. The molecule has 0 spiro atoms. The molecule has 0 saturated heterocycles. The number of halogens is 1. The van der Waals surface area contributed by atoms with E-state index in [-0.39, 0.29) is 18.4 Å². The van der Waals surface area contributed by atoms with Crippen LogP contribution in [-0.2, 0) is 6.61 Å². The first-order chi connectivity index (χ1) is 10.3. The molecule has 22 heavy (non-hydrogen) atoms. The molecule has 0 fully saturated rings. The number of benzene rings is 2. The lowest BCUT2D eigenvalue weighted by molar-refractivity contribution is 0.306. The molecule has 0 aliphatic rings. The van der Waals surface area contributed by atoms with Crippen molar-refractivity contribution in [3.05, 3.63) is 88.1 Å². The van der Waals surface area contributed by atoms with E-state index in [2.05, 4.69) is 18.2 Å². The molecule has 4 heteroatoms. The summed E-state index contributed by atoms with van der Waals surface area (Å²) >= 11 is 1.68. The summed E-state index contributed by atoms with van der Waals surface area (Å²) in [4.78, 5) is 1.17. The van der Waals surface area contributed by atoms with Crippen molar-refractivity contribution in [2.75, 3.05) is 0 Å². The Kier molecular flexibility index (Phi) is 6.01. The smallest absolute Gasteiger partial charge is 0.119 e. The van der Waals surface area contributed by atoms with Crippen molar-refractivity contribution in [1.29, 1.82) is 0 Å². The quantitative estimate of drug-likeness (QED) is 0.729. The molecule has 0 bridgehead atoms. The lowest BCUT2D eigenvalue weighted by Crippen LogP contribution is -2.09. The van der Waals surface area contributed by atoms with Gasteiger partial charge in [-0.1, -0.05) is 48.5 Å². The summed E-state index contributed by atoms with van der Waals surface area (Å²) in [6.45, 7) is 0.581. The van der Waals surface area contributed by atoms with Gasteiger partial charge in [-0.25, -0.2) is 0 Å². The Morgan fingerprint density at radius 1 is 0.909 bits per heavy atom. The van der Waals surface area contributed by atoms with Crippen LogP contribution in [0.5, 0.6) is 5.75 Å². The molecule has 3 aromatic rings. The SMILES string of the molecule is Cl.N[C@@H](c1ccc(OCc2ccccc2)cc1)c1cccs1. The Bertz CT molecular complexity index is 668. The van der Waals surface area contributed by atoms with E-state index in [0.717, 1.165) is 16.9 Å². The summed E-state index contributed by atoms with van der Waals surface area (Å²) in [6, 6.07) is 22.2. The van der Waals surface area contributed by atoms with Crippen LogP contribution < -0.4 is 10.5 Å². The minimum Gasteiger partial charge on any atom is -0.489 e. The molecule has 0 aliphatic heterocycles. The van der Waals surface area contributed by atoms with Crippen LogP contribution in [-0.4, -0.2) is 0 Å². The predicted octanol–water partition coefficient (Wildman–Crippen LogP) is 4.80. The highest BCUT2D eigenvalue weighted by Gasteiger charge is 2.09. The minimum atomic E-state index is -0.0619. The molecule has 1 aromatic heterocycles. The maximum Gasteiger partial charge on any atom is 0.119 e. The lowest BCUT2D eigenvalue weighted by Gasteiger charge is -2.11. The normalized spacial score (nSPS) is 11.5. The Balaban J connectivity index is 0.00000176. The van der Waals surface area contributed by atoms with E-state index in [4.69, 9.17) is 10.5 Å². The molecule has 3 rings (SSSR count). The first kappa shape index (κ1) is 16.6. The van der Waals surface area contributed by atoms with Crippen molar-refractivity contribution in [2.45, 2.75) is 12.6 Å². The molecule has 2 nitrogen and oxygen atoms in total. The molecule has 114 valence electrons. The Morgan fingerprint density at radius 3 is 2.27 bits per heavy atom. The maximum atomic E-state index is 6.25. The zero-order valence-electron chi connectivity index (χ0n) is 12.0. The fourth-order valence-electron chi connectivity index (χ4n) is 2.14. The zero-order chi connectivity index (χ0) is 14.5. The van der Waals surface area contributed by atoms with Crippen LogP contribution in [0.1, 0.15) is 22.0 Å². The van der Waals surface area contributed by atoms with Crippen LogP contribution in [0, 0.1) is 0 Å². The first-order valence-electron chi connectivity index (χ1n) is 6.88. The summed E-state index contributed by atoms with van der Waals surface area (Å²) in [5.41, 5.74) is 8.51. The molecule has 2 aromatic carbocycles. The van der Waals surface area contributed by atoms with Gasteiger partial charge in [-0.3, -0.25) is 0 Å². The first-order valence-corrected chi connectivity index (χ1v) is 7.76. The summed E-state index contributed by atoms with van der Waals surface area (Å²) in [7, 11) is 0. The molecule has 1 heterocycles. The Morgan fingerprint density at radius 2 is 1.64 bits per heavy atom. The van der Waals surface area contributed by atoms with Gasteiger partial charge in [0.15, 0.2) is 0 Å². The Hall–Kier alpha value is -1.81. The third kappa shape index (κ3) is 4.10. The van der Waals surface area contributed by atoms with Crippen molar-refractivity contribution in [1.82, 2.24) is 0 Å². The van der Waals surface area contributed by atoms with Gasteiger partial charge in [0, 0.05) is 4.88 Å². The summed E-state index contributed by atoms with van der Waals surface area (Å²) in [6.07, 6.45) is 0. The molecular formula is C18H18ClNOS. The fourth-order valence-corrected chi connectivity index (χ4v) is 2.90. The second kappa shape index (κ2) is 7.99. The molecular weight excluding hydrogens is 314 g/mol. The maximum absolute atomic E-state index is 6.25. The van der Waals surface area contributed by atoms with Crippen LogP contribution in [0.15, 0.2) is 72.1 Å². The highest BCUT2D eigenvalue weighted by Crippen LogP contribution is 2.25. The van der Waals surface area contributed by atoms with Gasteiger partial charge in [0.1, 0.15) is 12.4 Å². The number of nitrogens with two attached hydrogens (primary N) is 1. The number of thiophene rings is 1. The van der Waals surface area contributed by atoms with E-state index in [9.17, 15) is 0 Å². The van der Waals surface area contributed by atoms with Crippen LogP contribution in [0.2, 0.25) is 0 Å². The lowest BCUT2D eigenvalue weighted by atomic mass is 10.1. The minimum absolute atomic E-state index is 0. The van der Waals surface area contributed by atoms with E-state index in [0.29, 0.717) is 6.61 Å². The standard InChI is InChI=1S/C18H17NOS.ClH/c19-18(17-7-4-12-21-17)15-8-10-16(11-9-15)20-13-14-5-2-1-3-6-14;/h1-12,18H,13,19H2;1H/t18-;/m0./s1. The average Bonchev–Trinajstić information content (AvgIpc) is 3.08. The highest BCUT2D eigenvalue weighted by molar-refractivity contribution is 7.10. The van der Waals surface area contributed by atoms with Gasteiger partial charge in [-0.2, -0.15) is 0 Å². The van der Waals surface area contributed by atoms with Gasteiger partial charge in [-0.15, -0.1) is 23.7 Å². The zero-order valence-corrected chi connectivity index (χ0v) is 13.6. The van der Waals surface area contributed by atoms with E-state index < -0.39 is 0 Å². The van der Waals surface area contributed by atoms with Crippen molar-refractivity contribution >= 4 is 23.7 Å². The molecule has 2 N–H and O–H groups in total. The monoisotopic (exact) mass is 331 g/mol. The summed E-state index contributed by atoms with van der Waals surface area (Å²) < 4.78 is 5.78. The van der Waals surface area contributed by atoms with Crippen LogP contribution in [0.4, 0.5) is 0 Å². The highest BCUT2D eigenvalue weighted by atomic mass is 35.5. The summed E-state index contributed by atoms with van der Waals surface area (Å²) in [5.74, 6) is 0.862. The van der Waals surface area contributed by atoms with E-state index in [1.54, 1.807) is 11.3 Å². The Labute approximate surface area is 141 Å². The van der Waals surface area contributed by atoms with Crippen LogP contribution >= 0.6 is 23.7 Å². The van der Waals surface area contributed by atoms with Crippen LogP contribution in [0.3, 0.4) is 0 Å². The second-order valence-electron chi connectivity index (χ2n) is 4.84. The van der Waals surface area contributed by atoms with Gasteiger partial charge in [0.25, 0.3) is 0 Å². The van der Waals surface area contributed by atoms with Gasteiger partial charge in [0.2, 0.25) is 0 Å². The number of hydrogen-bond donors (Lipinski definition) is 1. The summed E-state index contributed by atoms with van der Waals surface area (Å²) in [5, 5.41) is 2.05. The number of rotatable bonds is 5. The molecule has 0 unspecified atom stereocenters. The van der Waals surface area contributed by atoms with Crippen molar-refractivity contribution < 1.29 is 4.74 Å². The van der Waals surface area contributed by atoms with Gasteiger partial charge >= 0.3 is 0 Å². The molecule has 0 radical (unpaired) electrons. The largest absolute Gasteiger partial charge is 0.489 e. The third-order valence-corrected chi connectivity index (χ3v) is 4.29. The van der Waals surface area contributed by atoms with Gasteiger partial charge in [0.05, 0.1) is 6.04 Å². The van der Waals surface area contributed by atoms with Gasteiger partial charge in [-0.05, 0) is 34.7 Å². The van der Waals surface area contributed by atoms with E-state index in [1.165, 1.54) is 4.88 Å². The third-order valence-electron chi connectivity index (χ3n) is 3.34. The molecule has 0 amide bonds. The number of hydrogen-bond acceptors (Lipinski definition) is 3. The van der Waals surface area contributed by atoms with E-state index >= 15 is 0 Å². The predicted molar refractivity (Wildman–Crippen MR) is 94.8 cm³/mol. The van der Waals surface area contributed by atoms with Crippen molar-refractivity contribution in [2.24, 2.45) is 5.73 Å². The molecule has 0 saturated carbocycles. The van der Waals surface area contributed by atoms with Crippen molar-refractivity contribution in [3.8, 4) is 5.75 Å². The average molecular weight is 332 g/mol. The van der Waals surface area contributed by atoms with Crippen LogP contribution in [0.25, 0.3) is 0 Å². The van der Waals surface area contributed by atoms with E-state index in [1.807, 2.05) is 53.9 Å². The topological polar surface area (TPSA) is 35.2 Å². The second-order valence-corrected chi connectivity index (χ2v) is 5.82. The number of ether oxygens (including phenoxy) is 1. The molecule has 0 aliphatic carbocycles. The fraction of sp³-hybridized carbons (Fsp3) is 0.111. The van der Waals surface area contributed by atoms with Gasteiger partial charge < -0.3 is 10.5 Å².